The van der Waals surface area contributed by atoms with Crippen LogP contribution in [-0.4, -0.2) is 54.6 Å². The van der Waals surface area contributed by atoms with E-state index in [4.69, 9.17) is 9.97 Å². The molecular weight excluding hydrogens is 548 g/mol. The number of carbonyl (C=O) groups excluding carboxylic acids is 2. The van der Waals surface area contributed by atoms with E-state index in [1.807, 2.05) is 0 Å². The van der Waals surface area contributed by atoms with E-state index in [0.717, 1.165) is 83.6 Å². The molecule has 0 radical (unpaired) electrons. The number of nitrogens with zero attached hydrogens (tertiary/aromatic N) is 4. The maximum atomic E-state index is 13.2. The second kappa shape index (κ2) is 11.7. The van der Waals surface area contributed by atoms with Gasteiger partial charge in [-0.25, -0.2) is 9.97 Å². The Morgan fingerprint density at radius 1 is 0.614 bits per heavy atom. The minimum atomic E-state index is 0.0405. The van der Waals surface area contributed by atoms with E-state index in [1.165, 1.54) is 51.4 Å². The van der Waals surface area contributed by atoms with Crippen molar-refractivity contribution in [2.24, 2.45) is 11.8 Å². The van der Waals surface area contributed by atoms with Crippen LogP contribution < -0.4 is 0 Å². The Hall–Kier alpha value is -3.68. The SMILES string of the molecule is O=C(CC1CCCC1)N1CCC[C@H]1c1nc2cc(-c3ccc4[nH]c([C@@H]5CCCN5C(=O)CC5CCCC5)nc4c3)ccc2[nH]1. The molecule has 4 heterocycles. The van der Waals surface area contributed by atoms with Crippen molar-refractivity contribution < 1.29 is 9.59 Å². The van der Waals surface area contributed by atoms with E-state index >= 15 is 0 Å². The molecule has 230 valence electrons. The average molecular weight is 593 g/mol. The highest BCUT2D eigenvalue weighted by atomic mass is 16.2. The van der Waals surface area contributed by atoms with Gasteiger partial charge in [0, 0.05) is 25.9 Å². The molecule has 2 aromatic carbocycles. The van der Waals surface area contributed by atoms with E-state index < -0.39 is 0 Å². The highest BCUT2D eigenvalue weighted by molar-refractivity contribution is 5.87. The number of fused-ring (bicyclic) bond motifs is 2. The lowest BCUT2D eigenvalue weighted by molar-refractivity contribution is -0.134. The van der Waals surface area contributed by atoms with Crippen LogP contribution in [0.1, 0.15) is 114 Å². The summed E-state index contributed by atoms with van der Waals surface area (Å²) in [6.07, 6.45) is 15.2. The Labute approximate surface area is 259 Å². The molecule has 4 aromatic rings. The van der Waals surface area contributed by atoms with Gasteiger partial charge in [0.15, 0.2) is 0 Å². The fourth-order valence-electron chi connectivity index (χ4n) is 8.58. The van der Waals surface area contributed by atoms with Gasteiger partial charge in [0.2, 0.25) is 11.8 Å². The van der Waals surface area contributed by atoms with E-state index in [2.05, 4.69) is 56.2 Å². The number of imidazole rings is 2. The summed E-state index contributed by atoms with van der Waals surface area (Å²) in [4.78, 5) is 47.7. The third-order valence-corrected chi connectivity index (χ3v) is 11.0. The molecule has 2 aliphatic carbocycles. The predicted octanol–water partition coefficient (Wildman–Crippen LogP) is 7.59. The van der Waals surface area contributed by atoms with Crippen molar-refractivity contribution in [3.05, 3.63) is 48.0 Å². The molecule has 8 rings (SSSR count). The highest BCUT2D eigenvalue weighted by Gasteiger charge is 2.35. The first-order chi connectivity index (χ1) is 21.6. The minimum absolute atomic E-state index is 0.0405. The van der Waals surface area contributed by atoms with Crippen LogP contribution in [-0.2, 0) is 9.59 Å². The third-order valence-electron chi connectivity index (χ3n) is 11.0. The van der Waals surface area contributed by atoms with Crippen LogP contribution in [0, 0.1) is 11.8 Å². The number of nitrogens with one attached hydrogen (secondary N) is 2. The summed E-state index contributed by atoms with van der Waals surface area (Å²) in [5, 5.41) is 0. The summed E-state index contributed by atoms with van der Waals surface area (Å²) in [7, 11) is 0. The molecule has 0 spiro atoms. The maximum Gasteiger partial charge on any atom is 0.223 e. The van der Waals surface area contributed by atoms with Gasteiger partial charge in [-0.15, -0.1) is 0 Å². The molecule has 0 unspecified atom stereocenters. The van der Waals surface area contributed by atoms with Crippen molar-refractivity contribution >= 4 is 33.9 Å². The average Bonchev–Trinajstić information content (AvgIpc) is 3.87. The monoisotopic (exact) mass is 592 g/mol. The van der Waals surface area contributed by atoms with Crippen molar-refractivity contribution in [1.82, 2.24) is 29.7 Å². The summed E-state index contributed by atoms with van der Waals surface area (Å²) in [5.41, 5.74) is 6.06. The van der Waals surface area contributed by atoms with Gasteiger partial charge in [-0.2, -0.15) is 0 Å². The van der Waals surface area contributed by atoms with Gasteiger partial charge in [0.25, 0.3) is 0 Å². The Kier molecular flexibility index (Phi) is 7.39. The lowest BCUT2D eigenvalue weighted by Gasteiger charge is -2.24. The zero-order chi connectivity index (χ0) is 29.6. The lowest BCUT2D eigenvalue weighted by atomic mass is 10.0. The normalized spacial score (nSPS) is 23.2. The molecule has 4 fully saturated rings. The summed E-state index contributed by atoms with van der Waals surface area (Å²) in [6, 6.07) is 12.8. The molecular formula is C36H44N6O2. The molecule has 2 saturated heterocycles. The standard InChI is InChI=1S/C36H44N6O2/c43-33(19-23-7-1-2-8-23)41-17-5-11-31(41)35-37-27-15-13-25(21-29(27)39-35)26-14-16-28-30(22-26)40-36(38-28)32-12-6-18-42(32)34(44)20-24-9-3-4-10-24/h13-16,21-24,31-32H,1-12,17-20H2,(H,37,39)(H,38,40)/t31-,32-/m0/s1. The number of aromatic nitrogens is 4. The van der Waals surface area contributed by atoms with Gasteiger partial charge < -0.3 is 19.8 Å². The smallest absolute Gasteiger partial charge is 0.223 e. The second-order valence-corrected chi connectivity index (χ2v) is 13.9. The van der Waals surface area contributed by atoms with Crippen LogP contribution in [0.4, 0.5) is 0 Å². The van der Waals surface area contributed by atoms with Crippen LogP contribution in [0.5, 0.6) is 0 Å². The van der Waals surface area contributed by atoms with Crippen LogP contribution in [0.3, 0.4) is 0 Å². The number of benzene rings is 2. The van der Waals surface area contributed by atoms with Crippen molar-refractivity contribution in [3.8, 4) is 11.1 Å². The summed E-state index contributed by atoms with van der Waals surface area (Å²) in [5.74, 6) is 3.53. The second-order valence-electron chi connectivity index (χ2n) is 13.9. The van der Waals surface area contributed by atoms with Crippen LogP contribution in [0.25, 0.3) is 33.2 Å². The Morgan fingerprint density at radius 2 is 1.05 bits per heavy atom. The number of hydrogen-bond donors (Lipinski definition) is 2. The Bertz CT molecular complexity index is 1550. The number of H-pyrrole nitrogens is 2. The quantitative estimate of drug-likeness (QED) is 0.231. The number of hydrogen-bond acceptors (Lipinski definition) is 4. The molecule has 8 nitrogen and oxygen atoms in total. The highest BCUT2D eigenvalue weighted by Crippen LogP contribution is 2.37. The largest absolute Gasteiger partial charge is 0.340 e. The van der Waals surface area contributed by atoms with E-state index in [9.17, 15) is 9.59 Å². The number of likely N-dealkylation sites (tertiary alicyclic amines) is 2. The van der Waals surface area contributed by atoms with Crippen molar-refractivity contribution in [2.75, 3.05) is 13.1 Å². The first-order valence-electron chi connectivity index (χ1n) is 17.2. The van der Waals surface area contributed by atoms with Crippen LogP contribution in [0.2, 0.25) is 0 Å². The summed E-state index contributed by atoms with van der Waals surface area (Å²) >= 11 is 0. The first kappa shape index (κ1) is 27.8. The van der Waals surface area contributed by atoms with Gasteiger partial charge in [-0.1, -0.05) is 37.8 Å². The fourth-order valence-corrected chi connectivity index (χ4v) is 8.58. The Morgan fingerprint density at radius 3 is 1.48 bits per heavy atom. The molecule has 8 heteroatoms. The van der Waals surface area contributed by atoms with Gasteiger partial charge in [0.1, 0.15) is 11.6 Å². The van der Waals surface area contributed by atoms with Gasteiger partial charge >= 0.3 is 0 Å². The number of rotatable bonds is 7. The van der Waals surface area contributed by atoms with E-state index in [1.54, 1.807) is 0 Å². The Balaban J connectivity index is 1.00. The predicted molar refractivity (Wildman–Crippen MR) is 172 cm³/mol. The van der Waals surface area contributed by atoms with E-state index in [-0.39, 0.29) is 12.1 Å². The zero-order valence-corrected chi connectivity index (χ0v) is 25.7. The molecule has 2 amide bonds. The molecule has 2 saturated carbocycles. The summed E-state index contributed by atoms with van der Waals surface area (Å²) in [6.45, 7) is 1.66. The molecule has 2 atom stereocenters. The number of aromatic amines is 2. The van der Waals surface area contributed by atoms with Gasteiger partial charge in [0.05, 0.1) is 34.2 Å². The van der Waals surface area contributed by atoms with Crippen LogP contribution in [0.15, 0.2) is 36.4 Å². The molecule has 44 heavy (non-hydrogen) atoms. The van der Waals surface area contributed by atoms with E-state index in [0.29, 0.717) is 36.5 Å². The maximum absolute atomic E-state index is 13.2. The lowest BCUT2D eigenvalue weighted by Crippen LogP contribution is -2.32. The third kappa shape index (κ3) is 5.30. The van der Waals surface area contributed by atoms with Gasteiger partial charge in [-0.3, -0.25) is 9.59 Å². The van der Waals surface area contributed by atoms with Crippen molar-refractivity contribution in [3.63, 3.8) is 0 Å². The topological polar surface area (TPSA) is 98.0 Å². The molecule has 4 aliphatic rings. The fraction of sp³-hybridized carbons (Fsp3) is 0.556. The molecule has 0 bridgehead atoms. The van der Waals surface area contributed by atoms with Gasteiger partial charge in [-0.05, 0) is 98.6 Å². The number of amides is 2. The first-order valence-corrected chi connectivity index (χ1v) is 17.2. The zero-order valence-electron chi connectivity index (χ0n) is 25.7. The minimum Gasteiger partial charge on any atom is -0.340 e. The van der Waals surface area contributed by atoms with Crippen molar-refractivity contribution in [1.29, 1.82) is 0 Å². The van der Waals surface area contributed by atoms with Crippen LogP contribution >= 0.6 is 0 Å². The summed E-state index contributed by atoms with van der Waals surface area (Å²) < 4.78 is 0. The van der Waals surface area contributed by atoms with Crippen molar-refractivity contribution in [2.45, 2.75) is 102 Å². The molecule has 2 N–H and O–H groups in total. The molecule has 2 aliphatic heterocycles. The number of carbonyl (C=O) groups is 2. The molecule has 2 aromatic heterocycles.